The second-order valence-electron chi connectivity index (χ2n) is 4.41. The van der Waals surface area contributed by atoms with Crippen LogP contribution in [0.3, 0.4) is 0 Å². The highest BCUT2D eigenvalue weighted by molar-refractivity contribution is 5.33. The van der Waals surface area contributed by atoms with Gasteiger partial charge >= 0.3 is 0 Å². The fourth-order valence-corrected chi connectivity index (χ4v) is 1.20. The molecule has 0 rings (SSSR count). The standard InChI is InChI=1S/C14H22O/c1-7-12(11(3)4)9-10-13(8-2)14(5,6)15/h7-11,15H,1-2H2,3-6H3. The van der Waals surface area contributed by atoms with Gasteiger partial charge in [-0.15, -0.1) is 0 Å². The molecule has 1 nitrogen and oxygen atoms in total. The first-order chi connectivity index (χ1) is 6.82. The zero-order valence-electron chi connectivity index (χ0n) is 10.2. The summed E-state index contributed by atoms with van der Waals surface area (Å²) in [7, 11) is 0. The van der Waals surface area contributed by atoms with E-state index in [2.05, 4.69) is 27.0 Å². The summed E-state index contributed by atoms with van der Waals surface area (Å²) >= 11 is 0. The van der Waals surface area contributed by atoms with E-state index in [1.54, 1.807) is 19.9 Å². The molecule has 1 heteroatoms. The molecule has 0 aromatic rings. The summed E-state index contributed by atoms with van der Waals surface area (Å²) in [6.07, 6.45) is 7.39. The maximum atomic E-state index is 9.81. The Balaban J connectivity index is 5.02. The van der Waals surface area contributed by atoms with E-state index in [1.165, 1.54) is 0 Å². The van der Waals surface area contributed by atoms with Crippen molar-refractivity contribution >= 4 is 0 Å². The highest BCUT2D eigenvalue weighted by Gasteiger charge is 2.15. The summed E-state index contributed by atoms with van der Waals surface area (Å²) < 4.78 is 0. The molecule has 0 aromatic heterocycles. The van der Waals surface area contributed by atoms with Crippen molar-refractivity contribution in [1.82, 2.24) is 0 Å². The number of hydrogen-bond acceptors (Lipinski definition) is 1. The van der Waals surface area contributed by atoms with Crippen molar-refractivity contribution in [3.8, 4) is 0 Å². The van der Waals surface area contributed by atoms with Crippen LogP contribution in [0.15, 0.2) is 48.6 Å². The van der Waals surface area contributed by atoms with Crippen molar-refractivity contribution < 1.29 is 5.11 Å². The van der Waals surface area contributed by atoms with E-state index in [0.29, 0.717) is 5.92 Å². The number of hydrogen-bond donors (Lipinski definition) is 1. The van der Waals surface area contributed by atoms with Crippen molar-refractivity contribution in [3.05, 3.63) is 48.6 Å². The van der Waals surface area contributed by atoms with E-state index >= 15 is 0 Å². The lowest BCUT2D eigenvalue weighted by Crippen LogP contribution is -2.20. The predicted octanol–water partition coefficient (Wildman–Crippen LogP) is 3.64. The Morgan fingerprint density at radius 3 is 1.93 bits per heavy atom. The van der Waals surface area contributed by atoms with Crippen LogP contribution in [0.5, 0.6) is 0 Å². The van der Waals surface area contributed by atoms with Gasteiger partial charge in [-0.25, -0.2) is 0 Å². The van der Waals surface area contributed by atoms with Gasteiger partial charge in [0.15, 0.2) is 0 Å². The summed E-state index contributed by atoms with van der Waals surface area (Å²) in [5, 5.41) is 9.81. The van der Waals surface area contributed by atoms with Gasteiger partial charge in [0.1, 0.15) is 0 Å². The van der Waals surface area contributed by atoms with E-state index in [1.807, 2.05) is 18.2 Å². The zero-order chi connectivity index (χ0) is 12.1. The number of allylic oxidation sites excluding steroid dienone is 4. The fourth-order valence-electron chi connectivity index (χ4n) is 1.20. The monoisotopic (exact) mass is 206 g/mol. The van der Waals surface area contributed by atoms with Crippen LogP contribution >= 0.6 is 0 Å². The Kier molecular flexibility index (Phi) is 5.31. The molecular weight excluding hydrogens is 184 g/mol. The first-order valence-corrected chi connectivity index (χ1v) is 5.22. The van der Waals surface area contributed by atoms with Crippen LogP contribution in [0.4, 0.5) is 0 Å². The van der Waals surface area contributed by atoms with Crippen molar-refractivity contribution in [2.75, 3.05) is 0 Å². The summed E-state index contributed by atoms with van der Waals surface area (Å²) in [5.74, 6) is 0.437. The molecule has 0 fully saturated rings. The Labute approximate surface area is 93.5 Å². The van der Waals surface area contributed by atoms with Crippen molar-refractivity contribution in [3.63, 3.8) is 0 Å². The second-order valence-corrected chi connectivity index (χ2v) is 4.41. The van der Waals surface area contributed by atoms with Crippen LogP contribution in [-0.4, -0.2) is 10.7 Å². The van der Waals surface area contributed by atoms with E-state index in [4.69, 9.17) is 0 Å². The molecule has 1 N–H and O–H groups in total. The van der Waals surface area contributed by atoms with Crippen molar-refractivity contribution in [1.29, 1.82) is 0 Å². The van der Waals surface area contributed by atoms with Gasteiger partial charge in [-0.2, -0.15) is 0 Å². The summed E-state index contributed by atoms with van der Waals surface area (Å²) in [5.41, 5.74) is 1.11. The third-order valence-corrected chi connectivity index (χ3v) is 2.28. The van der Waals surface area contributed by atoms with Gasteiger partial charge in [-0.05, 0) is 30.9 Å². The largest absolute Gasteiger partial charge is 0.386 e. The Morgan fingerprint density at radius 1 is 1.13 bits per heavy atom. The molecule has 0 heterocycles. The quantitative estimate of drug-likeness (QED) is 0.681. The minimum absolute atomic E-state index is 0.437. The minimum Gasteiger partial charge on any atom is -0.386 e. The average molecular weight is 206 g/mol. The van der Waals surface area contributed by atoms with Gasteiger partial charge < -0.3 is 5.11 Å². The molecule has 0 aliphatic carbocycles. The smallest absolute Gasteiger partial charge is 0.0840 e. The molecule has 0 aromatic carbocycles. The van der Waals surface area contributed by atoms with Crippen molar-refractivity contribution in [2.24, 2.45) is 5.92 Å². The Bertz CT molecular complexity index is 285. The van der Waals surface area contributed by atoms with Gasteiger partial charge in [0.05, 0.1) is 5.60 Å². The molecule has 0 atom stereocenters. The number of rotatable bonds is 5. The lowest BCUT2D eigenvalue weighted by atomic mass is 9.96. The molecule has 0 aliphatic heterocycles. The fraction of sp³-hybridized carbons (Fsp3) is 0.429. The maximum Gasteiger partial charge on any atom is 0.0840 e. The summed E-state index contributed by atoms with van der Waals surface area (Å²) in [4.78, 5) is 0. The lowest BCUT2D eigenvalue weighted by Gasteiger charge is -2.18. The van der Waals surface area contributed by atoms with Crippen molar-refractivity contribution in [2.45, 2.75) is 33.3 Å². The number of aliphatic hydroxyl groups is 1. The Hall–Kier alpha value is -1.08. The van der Waals surface area contributed by atoms with Gasteiger partial charge in [0.25, 0.3) is 0 Å². The Morgan fingerprint density at radius 2 is 1.67 bits per heavy atom. The summed E-state index contributed by atoms with van der Waals surface area (Å²) in [6, 6.07) is 0. The molecule has 0 aliphatic rings. The van der Waals surface area contributed by atoms with E-state index in [9.17, 15) is 5.11 Å². The first-order valence-electron chi connectivity index (χ1n) is 5.22. The topological polar surface area (TPSA) is 20.2 Å². The lowest BCUT2D eigenvalue weighted by molar-refractivity contribution is 0.124. The average Bonchev–Trinajstić information content (AvgIpc) is 2.09. The molecule has 0 unspecified atom stereocenters. The normalized spacial score (nSPS) is 14.3. The molecule has 0 spiro atoms. The molecule has 0 saturated heterocycles. The highest BCUT2D eigenvalue weighted by Crippen LogP contribution is 2.18. The van der Waals surface area contributed by atoms with Gasteiger partial charge in [-0.1, -0.05) is 51.3 Å². The van der Waals surface area contributed by atoms with Crippen LogP contribution in [0.2, 0.25) is 0 Å². The molecule has 0 radical (unpaired) electrons. The summed E-state index contributed by atoms with van der Waals surface area (Å²) in [6.45, 7) is 15.2. The van der Waals surface area contributed by atoms with Crippen LogP contribution in [0, 0.1) is 5.92 Å². The van der Waals surface area contributed by atoms with Gasteiger partial charge in [0.2, 0.25) is 0 Å². The SMILES string of the molecule is C=CC(=CC=C(C=C)C(C)(C)O)C(C)C. The molecular formula is C14H22O. The molecule has 0 amide bonds. The molecule has 0 saturated carbocycles. The second kappa shape index (κ2) is 5.72. The third kappa shape index (κ3) is 4.80. The highest BCUT2D eigenvalue weighted by atomic mass is 16.3. The molecule has 84 valence electrons. The van der Waals surface area contributed by atoms with E-state index in [0.717, 1.165) is 11.1 Å². The van der Waals surface area contributed by atoms with Crippen LogP contribution < -0.4 is 0 Å². The minimum atomic E-state index is -0.846. The molecule has 0 bridgehead atoms. The molecule has 15 heavy (non-hydrogen) atoms. The van der Waals surface area contributed by atoms with Gasteiger partial charge in [0, 0.05) is 0 Å². The van der Waals surface area contributed by atoms with Crippen LogP contribution in [0.25, 0.3) is 0 Å². The maximum absolute atomic E-state index is 9.81. The van der Waals surface area contributed by atoms with Crippen LogP contribution in [-0.2, 0) is 0 Å². The van der Waals surface area contributed by atoms with E-state index < -0.39 is 5.60 Å². The van der Waals surface area contributed by atoms with Crippen LogP contribution in [0.1, 0.15) is 27.7 Å². The predicted molar refractivity (Wildman–Crippen MR) is 67.7 cm³/mol. The third-order valence-electron chi connectivity index (χ3n) is 2.28. The van der Waals surface area contributed by atoms with E-state index in [-0.39, 0.29) is 0 Å². The zero-order valence-corrected chi connectivity index (χ0v) is 10.2. The first kappa shape index (κ1) is 13.9. The van der Waals surface area contributed by atoms with Gasteiger partial charge in [-0.3, -0.25) is 0 Å².